The first-order valence-corrected chi connectivity index (χ1v) is 4.56. The predicted molar refractivity (Wildman–Crippen MR) is 49.3 cm³/mol. The SMILES string of the molecule is NC(=O)CN1N=C2CCNCC2C1=O. The van der Waals surface area contributed by atoms with Crippen molar-refractivity contribution in [2.45, 2.75) is 6.42 Å². The van der Waals surface area contributed by atoms with Crippen molar-refractivity contribution in [3.63, 3.8) is 0 Å². The zero-order chi connectivity index (χ0) is 10.1. The second kappa shape index (κ2) is 3.38. The first kappa shape index (κ1) is 9.14. The molecular weight excluding hydrogens is 184 g/mol. The fraction of sp³-hybridized carbons (Fsp3) is 0.625. The maximum Gasteiger partial charge on any atom is 0.253 e. The van der Waals surface area contributed by atoms with E-state index in [1.54, 1.807) is 0 Å². The van der Waals surface area contributed by atoms with Crippen LogP contribution in [0.4, 0.5) is 0 Å². The van der Waals surface area contributed by atoms with Crippen LogP contribution in [0, 0.1) is 5.92 Å². The van der Waals surface area contributed by atoms with Gasteiger partial charge in [0.15, 0.2) is 0 Å². The highest BCUT2D eigenvalue weighted by Crippen LogP contribution is 2.19. The van der Waals surface area contributed by atoms with E-state index in [1.165, 1.54) is 5.01 Å². The van der Waals surface area contributed by atoms with E-state index in [0.717, 1.165) is 18.7 Å². The standard InChI is InChI=1S/C8H12N4O2/c9-7(13)4-12-8(14)5-3-10-2-1-6(5)11-12/h5,10H,1-4H2,(H2,9,13). The lowest BCUT2D eigenvalue weighted by atomic mass is 9.97. The Morgan fingerprint density at radius 2 is 2.50 bits per heavy atom. The highest BCUT2D eigenvalue weighted by Gasteiger charge is 2.37. The Hall–Kier alpha value is -1.43. The molecule has 0 radical (unpaired) electrons. The second-order valence-electron chi connectivity index (χ2n) is 3.46. The summed E-state index contributed by atoms with van der Waals surface area (Å²) in [6.45, 7) is 1.35. The third kappa shape index (κ3) is 1.48. The Morgan fingerprint density at radius 1 is 1.71 bits per heavy atom. The fourth-order valence-electron chi connectivity index (χ4n) is 1.75. The van der Waals surface area contributed by atoms with E-state index < -0.39 is 5.91 Å². The van der Waals surface area contributed by atoms with Crippen molar-refractivity contribution >= 4 is 17.5 Å². The number of nitrogens with two attached hydrogens (primary N) is 1. The number of nitrogens with zero attached hydrogens (tertiary/aromatic N) is 2. The number of rotatable bonds is 2. The maximum atomic E-state index is 11.6. The van der Waals surface area contributed by atoms with Crippen LogP contribution in [0.2, 0.25) is 0 Å². The van der Waals surface area contributed by atoms with Crippen molar-refractivity contribution in [1.82, 2.24) is 10.3 Å². The summed E-state index contributed by atoms with van der Waals surface area (Å²) < 4.78 is 0. The number of primary amides is 1. The summed E-state index contributed by atoms with van der Waals surface area (Å²) in [6, 6.07) is 0. The zero-order valence-electron chi connectivity index (χ0n) is 7.69. The van der Waals surface area contributed by atoms with Crippen LogP contribution in [-0.2, 0) is 9.59 Å². The Kier molecular flexibility index (Phi) is 2.20. The van der Waals surface area contributed by atoms with Gasteiger partial charge in [0.2, 0.25) is 5.91 Å². The molecule has 1 saturated heterocycles. The number of hydrogen-bond acceptors (Lipinski definition) is 4. The summed E-state index contributed by atoms with van der Waals surface area (Å²) in [5, 5.41) is 8.38. The molecule has 0 aromatic rings. The minimum atomic E-state index is -0.533. The van der Waals surface area contributed by atoms with E-state index in [1.807, 2.05) is 0 Å². The van der Waals surface area contributed by atoms with Crippen LogP contribution in [-0.4, -0.2) is 42.2 Å². The van der Waals surface area contributed by atoms with E-state index >= 15 is 0 Å². The van der Waals surface area contributed by atoms with E-state index in [9.17, 15) is 9.59 Å². The number of carbonyl (C=O) groups excluding carboxylic acids is 2. The first-order valence-electron chi connectivity index (χ1n) is 4.56. The summed E-state index contributed by atoms with van der Waals surface area (Å²) in [5.74, 6) is -0.830. The largest absolute Gasteiger partial charge is 0.368 e. The molecular formula is C8H12N4O2. The molecule has 1 unspecified atom stereocenters. The number of amides is 2. The van der Waals surface area contributed by atoms with Crippen LogP contribution in [0.1, 0.15) is 6.42 Å². The van der Waals surface area contributed by atoms with Gasteiger partial charge in [0.1, 0.15) is 6.54 Å². The summed E-state index contributed by atoms with van der Waals surface area (Å²) in [7, 11) is 0. The molecule has 2 heterocycles. The molecule has 2 rings (SSSR count). The lowest BCUT2D eigenvalue weighted by molar-refractivity contribution is -0.135. The van der Waals surface area contributed by atoms with E-state index in [0.29, 0.717) is 6.54 Å². The minimum Gasteiger partial charge on any atom is -0.368 e. The van der Waals surface area contributed by atoms with Gasteiger partial charge < -0.3 is 11.1 Å². The van der Waals surface area contributed by atoms with Gasteiger partial charge in [-0.25, -0.2) is 5.01 Å². The van der Waals surface area contributed by atoms with Crippen molar-refractivity contribution in [3.05, 3.63) is 0 Å². The number of hydrogen-bond donors (Lipinski definition) is 2. The molecule has 14 heavy (non-hydrogen) atoms. The van der Waals surface area contributed by atoms with Gasteiger partial charge in [-0.15, -0.1) is 0 Å². The van der Waals surface area contributed by atoms with E-state index in [4.69, 9.17) is 5.73 Å². The third-order valence-corrected chi connectivity index (χ3v) is 2.42. The summed E-state index contributed by atoms with van der Waals surface area (Å²) >= 11 is 0. The highest BCUT2D eigenvalue weighted by atomic mass is 16.2. The van der Waals surface area contributed by atoms with Crippen LogP contribution in [0.5, 0.6) is 0 Å². The molecule has 76 valence electrons. The van der Waals surface area contributed by atoms with Gasteiger partial charge in [-0.1, -0.05) is 0 Å². The van der Waals surface area contributed by atoms with Crippen molar-refractivity contribution in [2.75, 3.05) is 19.6 Å². The molecule has 6 nitrogen and oxygen atoms in total. The lowest BCUT2D eigenvalue weighted by Crippen LogP contribution is -2.41. The number of carbonyl (C=O) groups is 2. The van der Waals surface area contributed by atoms with Crippen LogP contribution in [0.3, 0.4) is 0 Å². The van der Waals surface area contributed by atoms with E-state index in [2.05, 4.69) is 10.4 Å². The Labute approximate surface area is 81.1 Å². The van der Waals surface area contributed by atoms with Gasteiger partial charge in [0.25, 0.3) is 5.91 Å². The van der Waals surface area contributed by atoms with Gasteiger partial charge in [0.05, 0.1) is 11.6 Å². The van der Waals surface area contributed by atoms with Crippen LogP contribution in [0.25, 0.3) is 0 Å². The number of piperidine rings is 1. The lowest BCUT2D eigenvalue weighted by Gasteiger charge is -2.17. The molecule has 3 N–H and O–H groups in total. The van der Waals surface area contributed by atoms with Crippen LogP contribution in [0.15, 0.2) is 5.10 Å². The van der Waals surface area contributed by atoms with Crippen molar-refractivity contribution in [2.24, 2.45) is 16.8 Å². The molecule has 0 aromatic heterocycles. The molecule has 1 fully saturated rings. The summed E-state index contributed by atoms with van der Waals surface area (Å²) in [4.78, 5) is 22.3. The molecule has 0 spiro atoms. The van der Waals surface area contributed by atoms with Crippen LogP contribution >= 0.6 is 0 Å². The molecule has 2 aliphatic rings. The topological polar surface area (TPSA) is 87.8 Å². The average Bonchev–Trinajstić information content (AvgIpc) is 2.44. The van der Waals surface area contributed by atoms with Gasteiger partial charge in [0, 0.05) is 19.5 Å². The molecule has 6 heteroatoms. The number of hydrazone groups is 1. The van der Waals surface area contributed by atoms with Crippen molar-refractivity contribution in [1.29, 1.82) is 0 Å². The summed E-state index contributed by atoms with van der Waals surface area (Å²) in [6.07, 6.45) is 0.770. The van der Waals surface area contributed by atoms with Crippen LogP contribution < -0.4 is 11.1 Å². The molecule has 2 amide bonds. The monoisotopic (exact) mass is 196 g/mol. The van der Waals surface area contributed by atoms with Crippen molar-refractivity contribution in [3.8, 4) is 0 Å². The minimum absolute atomic E-state index is 0.112. The zero-order valence-corrected chi connectivity index (χ0v) is 7.69. The number of fused-ring (bicyclic) bond motifs is 1. The number of nitrogens with one attached hydrogen (secondary N) is 1. The highest BCUT2D eigenvalue weighted by molar-refractivity contribution is 6.09. The quantitative estimate of drug-likeness (QED) is 0.550. The molecule has 0 aliphatic carbocycles. The van der Waals surface area contributed by atoms with Gasteiger partial charge >= 0.3 is 0 Å². The predicted octanol–water partition coefficient (Wildman–Crippen LogP) is -1.72. The molecule has 0 saturated carbocycles. The average molecular weight is 196 g/mol. The van der Waals surface area contributed by atoms with E-state index in [-0.39, 0.29) is 18.4 Å². The van der Waals surface area contributed by atoms with Crippen molar-refractivity contribution < 1.29 is 9.59 Å². The molecule has 0 bridgehead atoms. The smallest absolute Gasteiger partial charge is 0.253 e. The Morgan fingerprint density at radius 3 is 3.14 bits per heavy atom. The molecule has 2 aliphatic heterocycles. The third-order valence-electron chi connectivity index (χ3n) is 2.42. The maximum absolute atomic E-state index is 11.6. The van der Waals surface area contributed by atoms with Gasteiger partial charge in [-0.05, 0) is 0 Å². The normalized spacial score (nSPS) is 26.0. The first-order chi connectivity index (χ1) is 6.68. The molecule has 1 atom stereocenters. The van der Waals surface area contributed by atoms with Gasteiger partial charge in [-0.3, -0.25) is 9.59 Å². The Balaban J connectivity index is 2.11. The molecule has 0 aromatic carbocycles. The fourth-order valence-corrected chi connectivity index (χ4v) is 1.75. The summed E-state index contributed by atoms with van der Waals surface area (Å²) in [5.41, 5.74) is 5.88. The second-order valence-corrected chi connectivity index (χ2v) is 3.46. The van der Waals surface area contributed by atoms with Gasteiger partial charge in [-0.2, -0.15) is 5.10 Å². The Bertz CT molecular complexity index is 312.